The van der Waals surface area contributed by atoms with Crippen molar-refractivity contribution < 1.29 is 0 Å². The van der Waals surface area contributed by atoms with Crippen LogP contribution in [0.2, 0.25) is 0 Å². The van der Waals surface area contributed by atoms with E-state index < -0.39 is 0 Å². The second-order valence-corrected chi connectivity index (χ2v) is 6.88. The van der Waals surface area contributed by atoms with Gasteiger partial charge in [0.05, 0.1) is 0 Å². The topological polar surface area (TPSA) is 29.3 Å². The Bertz CT molecular complexity index is 435. The van der Waals surface area contributed by atoms with Gasteiger partial charge in [0.2, 0.25) is 0 Å². The van der Waals surface area contributed by atoms with Gasteiger partial charge in [0.25, 0.3) is 0 Å². The molecular weight excluding hydrogens is 244 g/mol. The highest BCUT2D eigenvalue weighted by atomic mass is 15.2. The number of nitrogens with zero attached hydrogens (tertiary/aromatic N) is 1. The molecule has 1 unspecified atom stereocenters. The van der Waals surface area contributed by atoms with Crippen molar-refractivity contribution in [3.8, 4) is 0 Å². The Morgan fingerprint density at radius 3 is 2.55 bits per heavy atom. The van der Waals surface area contributed by atoms with E-state index in [0.717, 1.165) is 18.5 Å². The molecule has 0 aromatic heterocycles. The smallest absolute Gasteiger partial charge is 0.0427 e. The molecule has 2 nitrogen and oxygen atoms in total. The molecule has 0 saturated heterocycles. The first-order chi connectivity index (χ1) is 9.47. The molecule has 0 bridgehead atoms. The van der Waals surface area contributed by atoms with Crippen molar-refractivity contribution in [2.24, 2.45) is 11.7 Å². The summed E-state index contributed by atoms with van der Waals surface area (Å²) >= 11 is 0. The second-order valence-electron chi connectivity index (χ2n) is 6.88. The fraction of sp³-hybridized carbons (Fsp3) is 0.667. The normalized spacial score (nSPS) is 16.9. The van der Waals surface area contributed by atoms with Crippen LogP contribution in [0.4, 0.5) is 0 Å². The highest BCUT2D eigenvalue weighted by Gasteiger charge is 2.30. The van der Waals surface area contributed by atoms with Crippen LogP contribution in [-0.4, -0.2) is 24.0 Å². The van der Waals surface area contributed by atoms with Gasteiger partial charge in [-0.3, -0.25) is 4.90 Å². The van der Waals surface area contributed by atoms with Crippen LogP contribution in [-0.2, 0) is 0 Å². The van der Waals surface area contributed by atoms with Gasteiger partial charge in [-0.1, -0.05) is 37.6 Å². The Labute approximate surface area is 124 Å². The largest absolute Gasteiger partial charge is 0.323 e. The zero-order valence-electron chi connectivity index (χ0n) is 13.5. The average molecular weight is 274 g/mol. The monoisotopic (exact) mass is 274 g/mol. The van der Waals surface area contributed by atoms with E-state index >= 15 is 0 Å². The zero-order chi connectivity index (χ0) is 14.7. The molecule has 1 fully saturated rings. The summed E-state index contributed by atoms with van der Waals surface area (Å²) < 4.78 is 0. The first kappa shape index (κ1) is 15.5. The minimum atomic E-state index is 0.141. The lowest BCUT2D eigenvalue weighted by molar-refractivity contribution is 0.233. The van der Waals surface area contributed by atoms with Gasteiger partial charge in [-0.25, -0.2) is 0 Å². The van der Waals surface area contributed by atoms with Crippen LogP contribution in [0.1, 0.15) is 55.8 Å². The third-order valence-electron chi connectivity index (χ3n) is 4.32. The molecule has 1 aliphatic rings. The van der Waals surface area contributed by atoms with Crippen molar-refractivity contribution in [2.45, 2.75) is 59.0 Å². The van der Waals surface area contributed by atoms with Crippen LogP contribution in [0.25, 0.3) is 0 Å². The highest BCUT2D eigenvalue weighted by molar-refractivity contribution is 5.33. The predicted molar refractivity (Wildman–Crippen MR) is 86.9 cm³/mol. The first-order valence-corrected chi connectivity index (χ1v) is 8.04. The number of hydrogen-bond acceptors (Lipinski definition) is 2. The summed E-state index contributed by atoms with van der Waals surface area (Å²) in [6, 6.07) is 7.56. The summed E-state index contributed by atoms with van der Waals surface area (Å²) in [5, 5.41) is 0. The van der Waals surface area contributed by atoms with Crippen molar-refractivity contribution in [3.05, 3.63) is 34.9 Å². The van der Waals surface area contributed by atoms with Crippen LogP contribution in [0.3, 0.4) is 0 Å². The number of nitrogens with two attached hydrogens (primary N) is 1. The number of rotatable bonds is 7. The molecule has 0 radical (unpaired) electrons. The van der Waals surface area contributed by atoms with Crippen molar-refractivity contribution in [1.29, 1.82) is 0 Å². The number of hydrogen-bond donors (Lipinski definition) is 1. The SMILES string of the molecule is Cc1ccc(C)c(C(N)CN(CCC(C)C)C2CC2)c1. The molecule has 0 amide bonds. The Morgan fingerprint density at radius 1 is 1.25 bits per heavy atom. The van der Waals surface area contributed by atoms with E-state index in [0.29, 0.717) is 0 Å². The lowest BCUT2D eigenvalue weighted by Gasteiger charge is -2.27. The number of benzene rings is 1. The Balaban J connectivity index is 2.00. The molecule has 20 heavy (non-hydrogen) atoms. The molecule has 0 heterocycles. The maximum atomic E-state index is 6.50. The quantitative estimate of drug-likeness (QED) is 0.819. The lowest BCUT2D eigenvalue weighted by Crippen LogP contribution is -2.35. The minimum absolute atomic E-state index is 0.141. The van der Waals surface area contributed by atoms with E-state index in [1.807, 2.05) is 0 Å². The van der Waals surface area contributed by atoms with E-state index in [-0.39, 0.29) is 6.04 Å². The maximum Gasteiger partial charge on any atom is 0.0427 e. The van der Waals surface area contributed by atoms with E-state index in [4.69, 9.17) is 5.73 Å². The van der Waals surface area contributed by atoms with Gasteiger partial charge in [-0.15, -0.1) is 0 Å². The molecule has 1 aromatic rings. The van der Waals surface area contributed by atoms with Gasteiger partial charge in [0, 0.05) is 18.6 Å². The molecule has 1 saturated carbocycles. The summed E-state index contributed by atoms with van der Waals surface area (Å²) in [6.45, 7) is 11.1. The van der Waals surface area contributed by atoms with Crippen LogP contribution in [0.5, 0.6) is 0 Å². The Kier molecular flexibility index (Phi) is 5.22. The Morgan fingerprint density at radius 2 is 1.95 bits per heavy atom. The lowest BCUT2D eigenvalue weighted by atomic mass is 9.99. The molecule has 1 aliphatic carbocycles. The van der Waals surface area contributed by atoms with Crippen LogP contribution in [0.15, 0.2) is 18.2 Å². The second kappa shape index (κ2) is 6.73. The van der Waals surface area contributed by atoms with Crippen molar-refractivity contribution >= 4 is 0 Å². The van der Waals surface area contributed by atoms with Gasteiger partial charge in [0.15, 0.2) is 0 Å². The predicted octanol–water partition coefficient (Wildman–Crippen LogP) is 3.81. The van der Waals surface area contributed by atoms with E-state index in [2.05, 4.69) is 50.8 Å². The molecule has 2 rings (SSSR count). The van der Waals surface area contributed by atoms with Gasteiger partial charge in [-0.2, -0.15) is 0 Å². The fourth-order valence-corrected chi connectivity index (χ4v) is 2.80. The Hall–Kier alpha value is -0.860. The summed E-state index contributed by atoms with van der Waals surface area (Å²) in [5.41, 5.74) is 10.4. The van der Waals surface area contributed by atoms with Crippen LogP contribution >= 0.6 is 0 Å². The molecular formula is C18H30N2. The van der Waals surface area contributed by atoms with Crippen molar-refractivity contribution in [1.82, 2.24) is 4.90 Å². The molecule has 2 heteroatoms. The summed E-state index contributed by atoms with van der Waals surface area (Å²) in [6.07, 6.45) is 3.99. The van der Waals surface area contributed by atoms with E-state index in [9.17, 15) is 0 Å². The summed E-state index contributed by atoms with van der Waals surface area (Å²) in [4.78, 5) is 2.62. The van der Waals surface area contributed by atoms with E-state index in [1.165, 1.54) is 42.5 Å². The molecule has 0 aliphatic heterocycles. The van der Waals surface area contributed by atoms with Crippen molar-refractivity contribution in [2.75, 3.05) is 13.1 Å². The third-order valence-corrected chi connectivity index (χ3v) is 4.32. The standard InChI is InChI=1S/C18H30N2/c1-13(2)9-10-20(16-7-8-16)12-18(19)17-11-14(3)5-6-15(17)4/h5-6,11,13,16,18H,7-10,12,19H2,1-4H3. The molecule has 1 aromatic carbocycles. The van der Waals surface area contributed by atoms with Crippen LogP contribution < -0.4 is 5.73 Å². The first-order valence-electron chi connectivity index (χ1n) is 8.04. The van der Waals surface area contributed by atoms with E-state index in [1.54, 1.807) is 0 Å². The average Bonchev–Trinajstić information content (AvgIpc) is 3.21. The third kappa shape index (κ3) is 4.32. The van der Waals surface area contributed by atoms with Gasteiger partial charge in [0.1, 0.15) is 0 Å². The van der Waals surface area contributed by atoms with Crippen molar-refractivity contribution in [3.63, 3.8) is 0 Å². The number of aryl methyl sites for hydroxylation is 2. The van der Waals surface area contributed by atoms with Crippen LogP contribution in [0, 0.1) is 19.8 Å². The van der Waals surface area contributed by atoms with Gasteiger partial charge >= 0.3 is 0 Å². The highest BCUT2D eigenvalue weighted by Crippen LogP contribution is 2.29. The fourth-order valence-electron chi connectivity index (χ4n) is 2.80. The molecule has 112 valence electrons. The molecule has 0 spiro atoms. The zero-order valence-corrected chi connectivity index (χ0v) is 13.5. The maximum absolute atomic E-state index is 6.50. The molecule has 1 atom stereocenters. The molecule has 2 N–H and O–H groups in total. The van der Waals surface area contributed by atoms with Gasteiger partial charge in [-0.05, 0) is 56.7 Å². The minimum Gasteiger partial charge on any atom is -0.323 e. The summed E-state index contributed by atoms with van der Waals surface area (Å²) in [7, 11) is 0. The van der Waals surface area contributed by atoms with Gasteiger partial charge < -0.3 is 5.73 Å². The summed E-state index contributed by atoms with van der Waals surface area (Å²) in [5.74, 6) is 0.771.